The summed E-state index contributed by atoms with van der Waals surface area (Å²) in [5, 5.41) is 0.766. The minimum absolute atomic E-state index is 0.110. The largest absolute Gasteiger partial charge is 0.368 e. The Morgan fingerprint density at radius 1 is 0.964 bits per heavy atom. The van der Waals surface area contributed by atoms with Crippen LogP contribution in [0.15, 0.2) is 42.7 Å². The molecule has 0 atom stereocenters. The standard InChI is InChI=1S/C22H27ClN4O/c1-17-5-7-27(8-6-17)22(28)18-13-21(16-24-15-18)26-11-9-25(10-12-26)20-4-2-3-19(23)14-20/h2-4,13-17H,5-12H2,1H3. The smallest absolute Gasteiger partial charge is 0.255 e. The van der Waals surface area contributed by atoms with E-state index in [1.165, 1.54) is 0 Å². The van der Waals surface area contributed by atoms with Gasteiger partial charge in [-0.15, -0.1) is 0 Å². The van der Waals surface area contributed by atoms with Gasteiger partial charge < -0.3 is 14.7 Å². The average molecular weight is 399 g/mol. The van der Waals surface area contributed by atoms with Crippen LogP contribution in [0.4, 0.5) is 11.4 Å². The normalized spacial score (nSPS) is 18.4. The summed E-state index contributed by atoms with van der Waals surface area (Å²) in [6, 6.07) is 10.0. The second-order valence-corrected chi connectivity index (χ2v) is 8.30. The first-order chi connectivity index (χ1) is 13.6. The number of benzene rings is 1. The van der Waals surface area contributed by atoms with Crippen molar-refractivity contribution in [2.24, 2.45) is 5.92 Å². The number of carbonyl (C=O) groups excluding carboxylic acids is 1. The molecule has 5 nitrogen and oxygen atoms in total. The molecule has 0 N–H and O–H groups in total. The third-order valence-corrected chi connectivity index (χ3v) is 6.09. The van der Waals surface area contributed by atoms with Crippen LogP contribution in [0.25, 0.3) is 0 Å². The molecule has 0 spiro atoms. The zero-order chi connectivity index (χ0) is 19.5. The Labute approximate surface area is 171 Å². The Morgan fingerprint density at radius 2 is 1.64 bits per heavy atom. The van der Waals surface area contributed by atoms with Crippen LogP contribution in [0.1, 0.15) is 30.1 Å². The first-order valence-electron chi connectivity index (χ1n) is 10.1. The quantitative estimate of drug-likeness (QED) is 0.785. The highest BCUT2D eigenvalue weighted by atomic mass is 35.5. The lowest BCUT2D eigenvalue weighted by Gasteiger charge is -2.37. The molecule has 2 aliphatic rings. The minimum atomic E-state index is 0.110. The summed E-state index contributed by atoms with van der Waals surface area (Å²) >= 11 is 6.13. The molecule has 0 unspecified atom stereocenters. The molecule has 2 fully saturated rings. The number of rotatable bonds is 3. The van der Waals surface area contributed by atoms with E-state index in [1.54, 1.807) is 6.20 Å². The highest BCUT2D eigenvalue weighted by molar-refractivity contribution is 6.30. The number of aromatic nitrogens is 1. The van der Waals surface area contributed by atoms with Crippen molar-refractivity contribution in [1.29, 1.82) is 0 Å². The maximum absolute atomic E-state index is 12.9. The van der Waals surface area contributed by atoms with Crippen LogP contribution in [-0.2, 0) is 0 Å². The van der Waals surface area contributed by atoms with Crippen LogP contribution in [-0.4, -0.2) is 55.1 Å². The fourth-order valence-electron chi connectivity index (χ4n) is 4.01. The van der Waals surface area contributed by atoms with E-state index in [9.17, 15) is 4.79 Å². The van der Waals surface area contributed by atoms with Crippen molar-refractivity contribution >= 4 is 28.9 Å². The number of amides is 1. The van der Waals surface area contributed by atoms with Gasteiger partial charge in [0, 0.05) is 56.2 Å². The van der Waals surface area contributed by atoms with Crippen LogP contribution in [0.2, 0.25) is 5.02 Å². The molecule has 0 saturated carbocycles. The number of anilines is 2. The molecule has 3 heterocycles. The van der Waals surface area contributed by atoms with E-state index in [0.717, 1.165) is 68.5 Å². The lowest BCUT2D eigenvalue weighted by molar-refractivity contribution is 0.0697. The summed E-state index contributed by atoms with van der Waals surface area (Å²) in [7, 11) is 0. The number of likely N-dealkylation sites (tertiary alicyclic amines) is 1. The molecule has 1 aromatic carbocycles. The van der Waals surface area contributed by atoms with Crippen LogP contribution in [0.5, 0.6) is 0 Å². The second-order valence-electron chi connectivity index (χ2n) is 7.86. The van der Waals surface area contributed by atoms with Gasteiger partial charge in [-0.2, -0.15) is 0 Å². The van der Waals surface area contributed by atoms with Crippen molar-refractivity contribution in [2.75, 3.05) is 49.1 Å². The summed E-state index contributed by atoms with van der Waals surface area (Å²) in [5.41, 5.74) is 2.89. The molecule has 0 radical (unpaired) electrons. The van der Waals surface area contributed by atoms with Crippen LogP contribution in [0.3, 0.4) is 0 Å². The van der Waals surface area contributed by atoms with Gasteiger partial charge in [-0.25, -0.2) is 0 Å². The van der Waals surface area contributed by atoms with E-state index in [0.29, 0.717) is 11.5 Å². The summed E-state index contributed by atoms with van der Waals surface area (Å²) < 4.78 is 0. The molecule has 2 aromatic rings. The number of halogens is 1. The Balaban J connectivity index is 1.40. The molecular weight excluding hydrogens is 372 g/mol. The highest BCUT2D eigenvalue weighted by Gasteiger charge is 2.23. The molecule has 148 valence electrons. The summed E-state index contributed by atoms with van der Waals surface area (Å²) in [5.74, 6) is 0.822. The van der Waals surface area contributed by atoms with Crippen molar-refractivity contribution < 1.29 is 4.79 Å². The number of piperidine rings is 1. The summed E-state index contributed by atoms with van der Waals surface area (Å²) in [6.45, 7) is 7.59. The monoisotopic (exact) mass is 398 g/mol. The Bertz CT molecular complexity index is 827. The van der Waals surface area contributed by atoms with Crippen molar-refractivity contribution in [3.8, 4) is 0 Å². The molecule has 0 bridgehead atoms. The SMILES string of the molecule is CC1CCN(C(=O)c2cncc(N3CCN(c4cccc(Cl)c4)CC3)c2)CC1. The van der Waals surface area contributed by atoms with Crippen molar-refractivity contribution in [2.45, 2.75) is 19.8 Å². The first kappa shape index (κ1) is 19.1. The van der Waals surface area contributed by atoms with Crippen molar-refractivity contribution in [1.82, 2.24) is 9.88 Å². The van der Waals surface area contributed by atoms with Crippen LogP contribution >= 0.6 is 11.6 Å². The maximum atomic E-state index is 12.9. The first-order valence-corrected chi connectivity index (χ1v) is 10.5. The van der Waals surface area contributed by atoms with Gasteiger partial charge in [0.2, 0.25) is 0 Å². The van der Waals surface area contributed by atoms with Gasteiger partial charge in [0.1, 0.15) is 0 Å². The van der Waals surface area contributed by atoms with Gasteiger partial charge in [-0.1, -0.05) is 24.6 Å². The predicted octanol–water partition coefficient (Wildman–Crippen LogP) is 3.93. The molecule has 6 heteroatoms. The number of hydrogen-bond donors (Lipinski definition) is 0. The zero-order valence-electron chi connectivity index (χ0n) is 16.4. The number of pyridine rings is 1. The van der Waals surface area contributed by atoms with Crippen LogP contribution < -0.4 is 9.80 Å². The van der Waals surface area contributed by atoms with E-state index in [1.807, 2.05) is 35.4 Å². The second kappa shape index (κ2) is 8.39. The fourth-order valence-corrected chi connectivity index (χ4v) is 4.19. The molecule has 1 aromatic heterocycles. The van der Waals surface area contributed by atoms with Gasteiger partial charge in [0.25, 0.3) is 5.91 Å². The lowest BCUT2D eigenvalue weighted by atomic mass is 9.99. The average Bonchev–Trinajstić information content (AvgIpc) is 2.74. The molecular formula is C22H27ClN4O. The van der Waals surface area contributed by atoms with Gasteiger partial charge in [0.05, 0.1) is 17.4 Å². The Kier molecular flexibility index (Phi) is 5.72. The number of piperazine rings is 1. The minimum Gasteiger partial charge on any atom is -0.368 e. The third-order valence-electron chi connectivity index (χ3n) is 5.86. The number of hydrogen-bond acceptors (Lipinski definition) is 4. The highest BCUT2D eigenvalue weighted by Crippen LogP contribution is 2.24. The number of nitrogens with zero attached hydrogens (tertiary/aromatic N) is 4. The fraction of sp³-hybridized carbons (Fsp3) is 0.455. The van der Waals surface area contributed by atoms with E-state index in [4.69, 9.17) is 11.6 Å². The van der Waals surface area contributed by atoms with E-state index >= 15 is 0 Å². The van der Waals surface area contributed by atoms with Crippen LogP contribution in [0, 0.1) is 5.92 Å². The maximum Gasteiger partial charge on any atom is 0.255 e. The lowest BCUT2D eigenvalue weighted by Crippen LogP contribution is -2.46. The zero-order valence-corrected chi connectivity index (χ0v) is 17.1. The van der Waals surface area contributed by atoms with Crippen molar-refractivity contribution in [3.63, 3.8) is 0 Å². The molecule has 4 rings (SSSR count). The Morgan fingerprint density at radius 3 is 2.32 bits per heavy atom. The van der Waals surface area contributed by atoms with Gasteiger partial charge >= 0.3 is 0 Å². The molecule has 28 heavy (non-hydrogen) atoms. The molecule has 2 aliphatic heterocycles. The topological polar surface area (TPSA) is 39.7 Å². The summed E-state index contributed by atoms with van der Waals surface area (Å²) in [6.07, 6.45) is 5.74. The molecule has 2 saturated heterocycles. The summed E-state index contributed by atoms with van der Waals surface area (Å²) in [4.78, 5) is 23.8. The van der Waals surface area contributed by atoms with E-state index < -0.39 is 0 Å². The van der Waals surface area contributed by atoms with Gasteiger partial charge in [-0.3, -0.25) is 9.78 Å². The number of carbonyl (C=O) groups is 1. The van der Waals surface area contributed by atoms with Gasteiger partial charge in [0.15, 0.2) is 0 Å². The molecule has 0 aliphatic carbocycles. The van der Waals surface area contributed by atoms with E-state index in [-0.39, 0.29) is 5.91 Å². The Hall–Kier alpha value is -2.27. The third kappa shape index (κ3) is 4.25. The molecule has 1 amide bonds. The predicted molar refractivity (Wildman–Crippen MR) is 114 cm³/mol. The van der Waals surface area contributed by atoms with Gasteiger partial charge in [-0.05, 0) is 43.0 Å². The van der Waals surface area contributed by atoms with Crippen molar-refractivity contribution in [3.05, 3.63) is 53.3 Å². The van der Waals surface area contributed by atoms with E-state index in [2.05, 4.69) is 27.8 Å².